The molecule has 1 aromatic heterocycles. The number of halogens is 1. The summed E-state index contributed by atoms with van der Waals surface area (Å²) in [5.74, 6) is 4.62. The zero-order valence-corrected chi connectivity index (χ0v) is 21.0. The number of nitrogens with zero attached hydrogens (tertiary/aromatic N) is 4. The van der Waals surface area contributed by atoms with Crippen LogP contribution in [-0.2, 0) is 13.0 Å². The van der Waals surface area contributed by atoms with E-state index >= 15 is 0 Å². The van der Waals surface area contributed by atoms with Crippen LogP contribution < -0.4 is 15.4 Å². The molecule has 2 unspecified atom stereocenters. The highest BCUT2D eigenvalue weighted by molar-refractivity contribution is 14.0. The van der Waals surface area contributed by atoms with Crippen molar-refractivity contribution in [2.24, 2.45) is 4.99 Å². The van der Waals surface area contributed by atoms with Gasteiger partial charge in [-0.3, -0.25) is 4.99 Å². The van der Waals surface area contributed by atoms with E-state index in [1.807, 2.05) is 19.2 Å². The molecule has 2 aromatic rings. The Morgan fingerprint density at radius 2 is 2.00 bits per heavy atom. The number of hydrogen-bond donors (Lipinski definition) is 2. The van der Waals surface area contributed by atoms with Crippen molar-refractivity contribution in [1.82, 2.24) is 25.4 Å². The average Bonchev–Trinajstić information content (AvgIpc) is 3.16. The van der Waals surface area contributed by atoms with E-state index in [-0.39, 0.29) is 24.0 Å². The molecule has 0 aliphatic carbocycles. The Hall–Kier alpha value is -1.84. The first-order chi connectivity index (χ1) is 14.0. The quantitative estimate of drug-likeness (QED) is 0.327. The van der Waals surface area contributed by atoms with Crippen molar-refractivity contribution in [2.45, 2.75) is 64.5 Å². The monoisotopic (exact) mass is 526 g/mol. The molecular weight excluding hydrogens is 491 g/mol. The maximum atomic E-state index is 5.24. The molecule has 0 bridgehead atoms. The summed E-state index contributed by atoms with van der Waals surface area (Å²) in [6.45, 7) is 8.22. The Morgan fingerprint density at radius 1 is 1.27 bits per heavy atom. The van der Waals surface area contributed by atoms with Crippen LogP contribution in [0, 0.1) is 0 Å². The molecule has 0 saturated heterocycles. The minimum Gasteiger partial charge on any atom is -0.497 e. The summed E-state index contributed by atoms with van der Waals surface area (Å²) < 4.78 is 7.29. The molecule has 1 aliphatic rings. The maximum absolute atomic E-state index is 5.24. The van der Waals surface area contributed by atoms with E-state index in [0.717, 1.165) is 55.7 Å². The van der Waals surface area contributed by atoms with Gasteiger partial charge in [0, 0.05) is 32.0 Å². The second-order valence-corrected chi connectivity index (χ2v) is 8.06. The third-order valence-corrected chi connectivity index (χ3v) is 5.51. The van der Waals surface area contributed by atoms with Crippen molar-refractivity contribution < 1.29 is 4.74 Å². The largest absolute Gasteiger partial charge is 0.497 e. The highest BCUT2D eigenvalue weighted by atomic mass is 127. The van der Waals surface area contributed by atoms with Crippen LogP contribution in [0.2, 0.25) is 0 Å². The molecule has 2 N–H and O–H groups in total. The summed E-state index contributed by atoms with van der Waals surface area (Å²) in [5.41, 5.74) is 1.32. The van der Waals surface area contributed by atoms with Gasteiger partial charge in [-0.15, -0.1) is 24.0 Å². The van der Waals surface area contributed by atoms with E-state index in [4.69, 9.17) is 4.74 Å². The number of ether oxygens (including phenoxy) is 1. The zero-order valence-electron chi connectivity index (χ0n) is 18.7. The highest BCUT2D eigenvalue weighted by Gasteiger charge is 2.23. The molecule has 0 radical (unpaired) electrons. The molecule has 0 spiro atoms. The molecule has 1 aliphatic heterocycles. The summed E-state index contributed by atoms with van der Waals surface area (Å²) in [6.07, 6.45) is 3.02. The van der Waals surface area contributed by atoms with Crippen LogP contribution in [0.15, 0.2) is 29.3 Å². The van der Waals surface area contributed by atoms with Gasteiger partial charge < -0.3 is 15.4 Å². The lowest BCUT2D eigenvalue weighted by Crippen LogP contribution is -2.47. The normalized spacial score (nSPS) is 17.1. The molecule has 0 saturated carbocycles. The van der Waals surface area contributed by atoms with Gasteiger partial charge in [-0.25, -0.2) is 9.67 Å². The number of aliphatic imine (C=N–C) groups is 1. The third kappa shape index (κ3) is 6.33. The molecular formula is C22H35IN6O. The van der Waals surface area contributed by atoms with Crippen molar-refractivity contribution >= 4 is 29.9 Å². The highest BCUT2D eigenvalue weighted by Crippen LogP contribution is 2.21. The standard InChI is InChI=1S/C22H34N6O.HI/c1-15(2)21-26-20-11-8-18(14-28(20)27-21)25-22(23-4)24-13-12-16(3)17-6-9-19(29-5)10-7-17;/h6-7,9-10,15-16,18H,8,11-14H2,1-5H3,(H2,23,24,25);1H. The van der Waals surface area contributed by atoms with E-state index in [1.165, 1.54) is 5.56 Å². The molecule has 30 heavy (non-hydrogen) atoms. The number of benzene rings is 1. The Labute approximate surface area is 197 Å². The van der Waals surface area contributed by atoms with Gasteiger partial charge in [0.1, 0.15) is 11.6 Å². The fourth-order valence-corrected chi connectivity index (χ4v) is 3.58. The van der Waals surface area contributed by atoms with Crippen LogP contribution in [0.5, 0.6) is 5.75 Å². The summed E-state index contributed by atoms with van der Waals surface area (Å²) in [5, 5.41) is 11.7. The molecule has 1 aromatic carbocycles. The van der Waals surface area contributed by atoms with Gasteiger partial charge in [0.15, 0.2) is 11.8 Å². The number of rotatable bonds is 7. The Balaban J connectivity index is 0.00000320. The molecule has 7 nitrogen and oxygen atoms in total. The maximum Gasteiger partial charge on any atom is 0.191 e. The van der Waals surface area contributed by atoms with E-state index in [9.17, 15) is 0 Å². The van der Waals surface area contributed by atoms with Crippen LogP contribution in [0.1, 0.15) is 62.7 Å². The van der Waals surface area contributed by atoms with Gasteiger partial charge in [0.05, 0.1) is 13.7 Å². The van der Waals surface area contributed by atoms with E-state index in [0.29, 0.717) is 17.9 Å². The fraction of sp³-hybridized carbons (Fsp3) is 0.591. The summed E-state index contributed by atoms with van der Waals surface area (Å²) in [7, 11) is 3.52. The molecule has 0 amide bonds. The minimum absolute atomic E-state index is 0. The van der Waals surface area contributed by atoms with Gasteiger partial charge in [-0.2, -0.15) is 5.10 Å². The number of hydrogen-bond acceptors (Lipinski definition) is 4. The number of nitrogens with one attached hydrogen (secondary N) is 2. The van der Waals surface area contributed by atoms with Crippen molar-refractivity contribution in [3.63, 3.8) is 0 Å². The lowest BCUT2D eigenvalue weighted by Gasteiger charge is -2.25. The summed E-state index contributed by atoms with van der Waals surface area (Å²) in [6, 6.07) is 8.63. The van der Waals surface area contributed by atoms with Gasteiger partial charge in [0.25, 0.3) is 0 Å². The topological polar surface area (TPSA) is 76.4 Å². The van der Waals surface area contributed by atoms with E-state index in [1.54, 1.807) is 7.11 Å². The summed E-state index contributed by atoms with van der Waals surface area (Å²) in [4.78, 5) is 9.06. The Morgan fingerprint density at radius 3 is 2.63 bits per heavy atom. The van der Waals surface area contributed by atoms with Crippen molar-refractivity contribution in [2.75, 3.05) is 20.7 Å². The Kier molecular flexibility index (Phi) is 9.38. The molecule has 2 atom stereocenters. The van der Waals surface area contributed by atoms with Crippen LogP contribution in [0.25, 0.3) is 0 Å². The Bertz CT molecular complexity index is 818. The molecule has 0 fully saturated rings. The first kappa shape index (κ1) is 24.4. The molecule has 3 rings (SSSR count). The molecule has 8 heteroatoms. The van der Waals surface area contributed by atoms with Gasteiger partial charge in [-0.1, -0.05) is 32.9 Å². The molecule has 166 valence electrons. The van der Waals surface area contributed by atoms with Gasteiger partial charge in [-0.05, 0) is 36.5 Å². The third-order valence-electron chi connectivity index (χ3n) is 5.51. The van der Waals surface area contributed by atoms with Crippen molar-refractivity contribution in [3.8, 4) is 5.75 Å². The fourth-order valence-electron chi connectivity index (χ4n) is 3.58. The van der Waals surface area contributed by atoms with Crippen LogP contribution in [-0.4, -0.2) is 47.5 Å². The number of fused-ring (bicyclic) bond motifs is 1. The van der Waals surface area contributed by atoms with Gasteiger partial charge >= 0.3 is 0 Å². The number of guanidine groups is 1. The number of methoxy groups -OCH3 is 1. The smallest absolute Gasteiger partial charge is 0.191 e. The van der Waals surface area contributed by atoms with Crippen LogP contribution in [0.4, 0.5) is 0 Å². The first-order valence-corrected chi connectivity index (χ1v) is 10.5. The van der Waals surface area contributed by atoms with E-state index < -0.39 is 0 Å². The number of aryl methyl sites for hydroxylation is 1. The summed E-state index contributed by atoms with van der Waals surface area (Å²) >= 11 is 0. The molecule has 2 heterocycles. The second-order valence-electron chi connectivity index (χ2n) is 8.06. The van der Waals surface area contributed by atoms with Crippen LogP contribution >= 0.6 is 24.0 Å². The van der Waals surface area contributed by atoms with E-state index in [2.05, 4.69) is 63.3 Å². The average molecular weight is 526 g/mol. The second kappa shape index (κ2) is 11.5. The predicted molar refractivity (Wildman–Crippen MR) is 132 cm³/mol. The SMILES string of the molecule is CN=C(NCCC(C)c1ccc(OC)cc1)NC1CCc2nc(C(C)C)nn2C1.I. The number of aromatic nitrogens is 3. The lowest BCUT2D eigenvalue weighted by molar-refractivity contribution is 0.391. The first-order valence-electron chi connectivity index (χ1n) is 10.5. The minimum atomic E-state index is 0. The predicted octanol–water partition coefficient (Wildman–Crippen LogP) is 3.70. The van der Waals surface area contributed by atoms with Gasteiger partial charge in [0.2, 0.25) is 0 Å². The lowest BCUT2D eigenvalue weighted by atomic mass is 9.98. The van der Waals surface area contributed by atoms with Crippen molar-refractivity contribution in [3.05, 3.63) is 41.5 Å². The zero-order chi connectivity index (χ0) is 20.8. The van der Waals surface area contributed by atoms with Crippen molar-refractivity contribution in [1.29, 1.82) is 0 Å². The van der Waals surface area contributed by atoms with Crippen LogP contribution in [0.3, 0.4) is 0 Å².